The van der Waals surface area contributed by atoms with Crippen molar-refractivity contribution >= 4 is 5.69 Å². The van der Waals surface area contributed by atoms with Crippen LogP contribution < -0.4 is 5.32 Å². The van der Waals surface area contributed by atoms with Gasteiger partial charge in [-0.05, 0) is 43.9 Å². The van der Waals surface area contributed by atoms with Crippen LogP contribution in [0.25, 0.3) is 0 Å². The summed E-state index contributed by atoms with van der Waals surface area (Å²) in [6.07, 6.45) is 1.37. The second-order valence-electron chi connectivity index (χ2n) is 5.88. The Morgan fingerprint density at radius 3 is 2.56 bits per heavy atom. The van der Waals surface area contributed by atoms with Crippen molar-refractivity contribution in [3.63, 3.8) is 0 Å². The minimum absolute atomic E-state index is 0.619. The molecule has 2 heteroatoms. The Morgan fingerprint density at radius 1 is 1.22 bits per heavy atom. The van der Waals surface area contributed by atoms with Crippen molar-refractivity contribution in [1.82, 2.24) is 4.90 Å². The Morgan fingerprint density at radius 2 is 1.94 bits per heavy atom. The largest absolute Gasteiger partial charge is 0.383 e. The summed E-state index contributed by atoms with van der Waals surface area (Å²) in [4.78, 5) is 2.63. The standard InChI is InChI=1S/C16H26N2/c1-13(2)15-9-10-18(12-15)14(3)11-17-16-7-5-4-6-8-16/h4-8,13-15,17H,9-12H2,1-3H3. The van der Waals surface area contributed by atoms with Crippen LogP contribution in [0.4, 0.5) is 5.69 Å². The van der Waals surface area contributed by atoms with Crippen LogP contribution in [0, 0.1) is 11.8 Å². The Hall–Kier alpha value is -1.02. The van der Waals surface area contributed by atoms with Crippen LogP contribution in [-0.2, 0) is 0 Å². The van der Waals surface area contributed by atoms with E-state index in [-0.39, 0.29) is 0 Å². The first kappa shape index (κ1) is 13.4. The van der Waals surface area contributed by atoms with Crippen LogP contribution in [0.1, 0.15) is 27.2 Å². The maximum Gasteiger partial charge on any atom is 0.0340 e. The van der Waals surface area contributed by atoms with Crippen molar-refractivity contribution in [2.45, 2.75) is 33.2 Å². The maximum absolute atomic E-state index is 3.52. The zero-order valence-electron chi connectivity index (χ0n) is 11.9. The summed E-state index contributed by atoms with van der Waals surface area (Å²) in [6, 6.07) is 11.1. The normalized spacial score (nSPS) is 22.3. The molecule has 1 heterocycles. The third-order valence-corrected chi connectivity index (χ3v) is 4.20. The highest BCUT2D eigenvalue weighted by Crippen LogP contribution is 2.25. The molecular weight excluding hydrogens is 220 g/mol. The second-order valence-corrected chi connectivity index (χ2v) is 5.88. The smallest absolute Gasteiger partial charge is 0.0340 e. The molecule has 0 radical (unpaired) electrons. The van der Waals surface area contributed by atoms with E-state index < -0.39 is 0 Å². The van der Waals surface area contributed by atoms with E-state index in [1.54, 1.807) is 0 Å². The van der Waals surface area contributed by atoms with Gasteiger partial charge in [-0.2, -0.15) is 0 Å². The molecule has 18 heavy (non-hydrogen) atoms. The zero-order chi connectivity index (χ0) is 13.0. The number of rotatable bonds is 5. The van der Waals surface area contributed by atoms with E-state index in [0.717, 1.165) is 18.4 Å². The van der Waals surface area contributed by atoms with Crippen molar-refractivity contribution in [2.75, 3.05) is 25.0 Å². The van der Waals surface area contributed by atoms with E-state index in [0.29, 0.717) is 6.04 Å². The number of nitrogens with one attached hydrogen (secondary N) is 1. The highest BCUT2D eigenvalue weighted by Gasteiger charge is 2.27. The molecule has 1 fully saturated rings. The van der Waals surface area contributed by atoms with Crippen LogP contribution >= 0.6 is 0 Å². The molecule has 0 spiro atoms. The molecule has 1 saturated heterocycles. The molecule has 1 aromatic rings. The molecule has 1 N–H and O–H groups in total. The molecule has 0 aromatic heterocycles. The van der Waals surface area contributed by atoms with E-state index in [1.165, 1.54) is 25.2 Å². The van der Waals surface area contributed by atoms with Crippen molar-refractivity contribution in [3.8, 4) is 0 Å². The average Bonchev–Trinajstić information content (AvgIpc) is 2.87. The van der Waals surface area contributed by atoms with Crippen LogP contribution in [0.15, 0.2) is 30.3 Å². The van der Waals surface area contributed by atoms with Gasteiger partial charge in [-0.1, -0.05) is 32.0 Å². The van der Waals surface area contributed by atoms with Gasteiger partial charge in [0.25, 0.3) is 0 Å². The number of anilines is 1. The lowest BCUT2D eigenvalue weighted by atomic mass is 9.95. The number of likely N-dealkylation sites (tertiary alicyclic amines) is 1. The van der Waals surface area contributed by atoms with Crippen molar-refractivity contribution in [2.24, 2.45) is 11.8 Å². The average molecular weight is 246 g/mol. The molecule has 100 valence electrons. The van der Waals surface area contributed by atoms with E-state index in [2.05, 4.69) is 61.3 Å². The lowest BCUT2D eigenvalue weighted by Gasteiger charge is -2.25. The van der Waals surface area contributed by atoms with E-state index >= 15 is 0 Å². The monoisotopic (exact) mass is 246 g/mol. The minimum atomic E-state index is 0.619. The summed E-state index contributed by atoms with van der Waals surface area (Å²) < 4.78 is 0. The lowest BCUT2D eigenvalue weighted by Crippen LogP contribution is -2.36. The first-order valence-electron chi connectivity index (χ1n) is 7.20. The predicted octanol–water partition coefficient (Wildman–Crippen LogP) is 3.46. The Kier molecular flexibility index (Phi) is 4.65. The molecule has 2 atom stereocenters. The van der Waals surface area contributed by atoms with Crippen molar-refractivity contribution in [1.29, 1.82) is 0 Å². The number of benzene rings is 1. The Labute approximate surface area is 111 Å². The highest BCUT2D eigenvalue weighted by atomic mass is 15.2. The van der Waals surface area contributed by atoms with Crippen LogP contribution in [-0.4, -0.2) is 30.6 Å². The van der Waals surface area contributed by atoms with Gasteiger partial charge in [-0.3, -0.25) is 4.90 Å². The first-order valence-corrected chi connectivity index (χ1v) is 7.20. The summed E-state index contributed by atoms with van der Waals surface area (Å²) in [5.74, 6) is 1.72. The van der Waals surface area contributed by atoms with Gasteiger partial charge < -0.3 is 5.32 Å². The fourth-order valence-electron chi connectivity index (χ4n) is 2.71. The quantitative estimate of drug-likeness (QED) is 0.856. The SMILES string of the molecule is CC(C)C1CCN(C(C)CNc2ccccc2)C1. The molecule has 0 saturated carbocycles. The topological polar surface area (TPSA) is 15.3 Å². The van der Waals surface area contributed by atoms with Crippen molar-refractivity contribution < 1.29 is 0 Å². The van der Waals surface area contributed by atoms with Gasteiger partial charge >= 0.3 is 0 Å². The molecule has 0 amide bonds. The first-order chi connectivity index (χ1) is 8.66. The molecular formula is C16H26N2. The number of nitrogens with zero attached hydrogens (tertiary/aromatic N) is 1. The second kappa shape index (κ2) is 6.24. The number of para-hydroxylation sites is 1. The van der Waals surface area contributed by atoms with E-state index in [1.807, 2.05) is 0 Å². The summed E-state index contributed by atoms with van der Waals surface area (Å²) >= 11 is 0. The van der Waals surface area contributed by atoms with Gasteiger partial charge in [0.1, 0.15) is 0 Å². The van der Waals surface area contributed by atoms with Crippen LogP contribution in [0.2, 0.25) is 0 Å². The zero-order valence-corrected chi connectivity index (χ0v) is 11.9. The predicted molar refractivity (Wildman–Crippen MR) is 78.9 cm³/mol. The number of hydrogen-bond donors (Lipinski definition) is 1. The van der Waals surface area contributed by atoms with Gasteiger partial charge in [-0.25, -0.2) is 0 Å². The van der Waals surface area contributed by atoms with Crippen LogP contribution in [0.5, 0.6) is 0 Å². The minimum Gasteiger partial charge on any atom is -0.383 e. The third kappa shape index (κ3) is 3.49. The van der Waals surface area contributed by atoms with Gasteiger partial charge in [0.05, 0.1) is 0 Å². The van der Waals surface area contributed by atoms with Crippen LogP contribution in [0.3, 0.4) is 0 Å². The Bertz CT molecular complexity index is 347. The van der Waals surface area contributed by atoms with Gasteiger partial charge in [0.2, 0.25) is 0 Å². The third-order valence-electron chi connectivity index (χ3n) is 4.20. The highest BCUT2D eigenvalue weighted by molar-refractivity contribution is 5.42. The van der Waals surface area contributed by atoms with Gasteiger partial charge in [-0.15, -0.1) is 0 Å². The molecule has 2 nitrogen and oxygen atoms in total. The fraction of sp³-hybridized carbons (Fsp3) is 0.625. The van der Waals surface area contributed by atoms with Crippen molar-refractivity contribution in [3.05, 3.63) is 30.3 Å². The molecule has 0 aliphatic carbocycles. The maximum atomic E-state index is 3.52. The van der Waals surface area contributed by atoms with Gasteiger partial charge in [0, 0.05) is 24.8 Å². The molecule has 1 aromatic carbocycles. The summed E-state index contributed by atoms with van der Waals surface area (Å²) in [7, 11) is 0. The molecule has 1 aliphatic rings. The number of hydrogen-bond acceptors (Lipinski definition) is 2. The summed E-state index contributed by atoms with van der Waals surface area (Å²) in [6.45, 7) is 10.6. The summed E-state index contributed by atoms with van der Waals surface area (Å²) in [5.41, 5.74) is 1.23. The summed E-state index contributed by atoms with van der Waals surface area (Å²) in [5, 5.41) is 3.52. The van der Waals surface area contributed by atoms with Gasteiger partial charge in [0.15, 0.2) is 0 Å². The lowest BCUT2D eigenvalue weighted by molar-refractivity contribution is 0.247. The molecule has 0 bridgehead atoms. The molecule has 2 rings (SSSR count). The fourth-order valence-corrected chi connectivity index (χ4v) is 2.71. The molecule has 1 aliphatic heterocycles. The van der Waals surface area contributed by atoms with E-state index in [9.17, 15) is 0 Å². The van der Waals surface area contributed by atoms with E-state index in [4.69, 9.17) is 0 Å². The molecule has 2 unspecified atom stereocenters. The Balaban J connectivity index is 1.77.